The highest BCUT2D eigenvalue weighted by atomic mass is 32.1. The molecule has 2 nitrogen and oxygen atoms in total. The highest BCUT2D eigenvalue weighted by Gasteiger charge is 2.35. The molecule has 2 heterocycles. The molecule has 3 heteroatoms. The van der Waals surface area contributed by atoms with Gasteiger partial charge < -0.3 is 9.47 Å². The Bertz CT molecular complexity index is 3420. The minimum atomic E-state index is -0.0928. The van der Waals surface area contributed by atoms with E-state index in [0.29, 0.717) is 0 Å². The van der Waals surface area contributed by atoms with E-state index in [1.54, 1.807) is 0 Å². The average molecular weight is 759 g/mol. The van der Waals surface area contributed by atoms with Crippen LogP contribution in [0.4, 0.5) is 17.1 Å². The third-order valence-electron chi connectivity index (χ3n) is 12.6. The lowest BCUT2D eigenvalue weighted by molar-refractivity contribution is 0.660. The highest BCUT2D eigenvalue weighted by molar-refractivity contribution is 7.26. The number of para-hydroxylation sites is 1. The molecule has 0 unspecified atom stereocenters. The largest absolute Gasteiger partial charge is 0.310 e. The normalized spacial score (nSPS) is 13.1. The van der Waals surface area contributed by atoms with E-state index < -0.39 is 0 Å². The van der Waals surface area contributed by atoms with Crippen LogP contribution in [-0.2, 0) is 5.41 Å². The third kappa shape index (κ3) is 4.90. The summed E-state index contributed by atoms with van der Waals surface area (Å²) >= 11 is 1.90. The van der Waals surface area contributed by atoms with Crippen LogP contribution in [0.2, 0.25) is 0 Å². The fourth-order valence-corrected chi connectivity index (χ4v) is 11.0. The van der Waals surface area contributed by atoms with Crippen LogP contribution in [0.5, 0.6) is 0 Å². The van der Waals surface area contributed by atoms with Gasteiger partial charge in [0, 0.05) is 59.1 Å². The van der Waals surface area contributed by atoms with E-state index >= 15 is 0 Å². The predicted molar refractivity (Wildman–Crippen MR) is 249 cm³/mol. The Morgan fingerprint density at radius 2 is 1.12 bits per heavy atom. The quantitative estimate of drug-likeness (QED) is 0.170. The number of anilines is 3. The van der Waals surface area contributed by atoms with Gasteiger partial charge in [0.25, 0.3) is 0 Å². The molecule has 0 fully saturated rings. The van der Waals surface area contributed by atoms with Gasteiger partial charge in [-0.1, -0.05) is 141 Å². The van der Waals surface area contributed by atoms with Crippen molar-refractivity contribution in [3.05, 3.63) is 205 Å². The summed E-state index contributed by atoms with van der Waals surface area (Å²) in [4.78, 5) is 2.42. The van der Waals surface area contributed by atoms with Crippen molar-refractivity contribution in [2.24, 2.45) is 0 Å². The van der Waals surface area contributed by atoms with Crippen molar-refractivity contribution in [3.8, 4) is 27.9 Å². The maximum absolute atomic E-state index is 2.45. The summed E-state index contributed by atoms with van der Waals surface area (Å²) in [5.41, 5.74) is 14.8. The maximum atomic E-state index is 2.45. The Labute approximate surface area is 341 Å². The molecular formula is C55H38N2S. The van der Waals surface area contributed by atoms with Crippen LogP contribution in [-0.4, -0.2) is 4.57 Å². The topological polar surface area (TPSA) is 8.17 Å². The Kier molecular flexibility index (Phi) is 7.18. The molecule has 0 radical (unpaired) electrons. The molecule has 0 amide bonds. The molecule has 274 valence electrons. The van der Waals surface area contributed by atoms with Gasteiger partial charge in [-0.3, -0.25) is 0 Å². The van der Waals surface area contributed by atoms with Crippen LogP contribution in [0.25, 0.3) is 80.7 Å². The molecular weight excluding hydrogens is 721 g/mol. The molecule has 11 aromatic rings. The van der Waals surface area contributed by atoms with Gasteiger partial charge in [-0.25, -0.2) is 0 Å². The molecule has 0 atom stereocenters. The van der Waals surface area contributed by atoms with E-state index in [1.807, 2.05) is 11.3 Å². The fourth-order valence-electron chi connectivity index (χ4n) is 9.72. The molecule has 12 rings (SSSR count). The van der Waals surface area contributed by atoms with Crippen molar-refractivity contribution in [2.45, 2.75) is 19.3 Å². The van der Waals surface area contributed by atoms with Crippen LogP contribution in [0, 0.1) is 0 Å². The monoisotopic (exact) mass is 758 g/mol. The molecule has 0 aliphatic heterocycles. The number of hydrogen-bond acceptors (Lipinski definition) is 2. The van der Waals surface area contributed by atoms with E-state index in [1.165, 1.54) is 91.8 Å². The summed E-state index contributed by atoms with van der Waals surface area (Å²) in [6.45, 7) is 4.71. The molecule has 0 N–H and O–H groups in total. The van der Waals surface area contributed by atoms with Crippen LogP contribution in [0.15, 0.2) is 194 Å². The molecule has 0 bridgehead atoms. The SMILES string of the molecule is CC1(C)c2ccccc2-c2ccc(N(c3ccc(-c4ccc5c6c7sc8ccccc8c7ccc6n(-c6ccccc6)c5c4)cc3)c3ccc4ccccc4c3)cc21. The van der Waals surface area contributed by atoms with Crippen molar-refractivity contribution in [1.82, 2.24) is 4.57 Å². The lowest BCUT2D eigenvalue weighted by atomic mass is 9.82. The number of rotatable bonds is 5. The molecule has 0 saturated heterocycles. The smallest absolute Gasteiger partial charge is 0.0555 e. The minimum absolute atomic E-state index is 0.0928. The summed E-state index contributed by atoms with van der Waals surface area (Å²) in [6.07, 6.45) is 0. The summed E-state index contributed by atoms with van der Waals surface area (Å²) < 4.78 is 5.12. The Hall–Kier alpha value is -6.94. The maximum Gasteiger partial charge on any atom is 0.0555 e. The zero-order chi connectivity index (χ0) is 38.5. The zero-order valence-electron chi connectivity index (χ0n) is 32.3. The molecule has 58 heavy (non-hydrogen) atoms. The second-order valence-electron chi connectivity index (χ2n) is 16.2. The first-order chi connectivity index (χ1) is 28.5. The van der Waals surface area contributed by atoms with Gasteiger partial charge in [-0.15, -0.1) is 11.3 Å². The summed E-state index contributed by atoms with van der Waals surface area (Å²) in [5, 5.41) is 7.72. The Morgan fingerprint density at radius 1 is 0.448 bits per heavy atom. The number of thiophene rings is 1. The zero-order valence-corrected chi connectivity index (χ0v) is 33.1. The fraction of sp³-hybridized carbons (Fsp3) is 0.0545. The van der Waals surface area contributed by atoms with E-state index in [-0.39, 0.29) is 5.41 Å². The minimum Gasteiger partial charge on any atom is -0.310 e. The van der Waals surface area contributed by atoms with Gasteiger partial charge in [0.05, 0.1) is 11.0 Å². The number of fused-ring (bicyclic) bond motifs is 11. The Balaban J connectivity index is 1.01. The van der Waals surface area contributed by atoms with Crippen LogP contribution < -0.4 is 4.90 Å². The van der Waals surface area contributed by atoms with E-state index in [0.717, 1.165) is 17.1 Å². The first kappa shape index (κ1) is 33.2. The first-order valence-corrected chi connectivity index (χ1v) is 20.9. The van der Waals surface area contributed by atoms with Crippen molar-refractivity contribution in [2.75, 3.05) is 4.90 Å². The summed E-state index contributed by atoms with van der Waals surface area (Å²) in [6, 6.07) is 71.8. The Morgan fingerprint density at radius 3 is 2.00 bits per heavy atom. The van der Waals surface area contributed by atoms with Gasteiger partial charge in [-0.2, -0.15) is 0 Å². The summed E-state index contributed by atoms with van der Waals surface area (Å²) in [5.74, 6) is 0. The van der Waals surface area contributed by atoms with Gasteiger partial charge in [0.15, 0.2) is 0 Å². The van der Waals surface area contributed by atoms with Crippen molar-refractivity contribution < 1.29 is 0 Å². The second kappa shape index (κ2) is 12.5. The number of aromatic nitrogens is 1. The van der Waals surface area contributed by atoms with E-state index in [4.69, 9.17) is 0 Å². The molecule has 0 spiro atoms. The lowest BCUT2D eigenvalue weighted by Crippen LogP contribution is -2.16. The standard InChI is InChI=1S/C55H38N2S/c1-55(2)48-18-10-8-16-43(48)44-29-27-42(34-49(44)55)56(41-26-22-35-12-6-7-13-37(35)32-41)40-24-20-36(21-25-40)38-23-28-47-51(33-38)57(39-14-4-3-5-15-39)50-31-30-46-45-17-9-11-19-52(45)58-54(46)53(47)50/h3-34H,1-2H3. The third-order valence-corrected chi connectivity index (χ3v) is 13.8. The van der Waals surface area contributed by atoms with Crippen LogP contribution in [0.3, 0.4) is 0 Å². The van der Waals surface area contributed by atoms with Crippen LogP contribution in [0.1, 0.15) is 25.0 Å². The van der Waals surface area contributed by atoms with Crippen molar-refractivity contribution >= 4 is 81.1 Å². The highest BCUT2D eigenvalue weighted by Crippen LogP contribution is 2.51. The van der Waals surface area contributed by atoms with E-state index in [2.05, 4.69) is 217 Å². The molecule has 1 aliphatic carbocycles. The summed E-state index contributed by atoms with van der Waals surface area (Å²) in [7, 11) is 0. The van der Waals surface area contributed by atoms with Crippen molar-refractivity contribution in [1.29, 1.82) is 0 Å². The van der Waals surface area contributed by atoms with Gasteiger partial charge in [-0.05, 0) is 111 Å². The van der Waals surface area contributed by atoms with E-state index in [9.17, 15) is 0 Å². The molecule has 2 aromatic heterocycles. The predicted octanol–water partition coefficient (Wildman–Crippen LogP) is 15.7. The number of nitrogens with zero attached hydrogens (tertiary/aromatic N) is 2. The number of benzene rings is 9. The lowest BCUT2D eigenvalue weighted by Gasteiger charge is -2.28. The average Bonchev–Trinajstić information content (AvgIpc) is 3.89. The van der Waals surface area contributed by atoms with Crippen LogP contribution >= 0.6 is 11.3 Å². The van der Waals surface area contributed by atoms with Gasteiger partial charge in [0.1, 0.15) is 0 Å². The van der Waals surface area contributed by atoms with Gasteiger partial charge in [0.2, 0.25) is 0 Å². The van der Waals surface area contributed by atoms with Gasteiger partial charge >= 0.3 is 0 Å². The molecule has 9 aromatic carbocycles. The second-order valence-corrected chi connectivity index (χ2v) is 17.2. The van der Waals surface area contributed by atoms with Crippen molar-refractivity contribution in [3.63, 3.8) is 0 Å². The first-order valence-electron chi connectivity index (χ1n) is 20.1. The number of hydrogen-bond donors (Lipinski definition) is 0. The molecule has 0 saturated carbocycles. The molecule has 1 aliphatic rings.